The summed E-state index contributed by atoms with van der Waals surface area (Å²) in [6.07, 6.45) is 5.35. The van der Waals surface area contributed by atoms with E-state index in [1.165, 1.54) is 23.1 Å². The predicted molar refractivity (Wildman–Crippen MR) is 138 cm³/mol. The Kier molecular flexibility index (Phi) is 5.44. The summed E-state index contributed by atoms with van der Waals surface area (Å²) in [5, 5.41) is 15.1. The third-order valence-corrected chi connectivity index (χ3v) is 8.38. The van der Waals surface area contributed by atoms with Crippen LogP contribution < -0.4 is 5.32 Å². The molecule has 0 aliphatic heterocycles. The van der Waals surface area contributed by atoms with Crippen molar-refractivity contribution in [1.82, 2.24) is 14.4 Å². The van der Waals surface area contributed by atoms with Gasteiger partial charge in [0, 0.05) is 10.3 Å². The first-order valence-corrected chi connectivity index (χ1v) is 13.2. The molecule has 0 radical (unpaired) electrons. The van der Waals surface area contributed by atoms with Crippen molar-refractivity contribution in [3.8, 4) is 6.07 Å². The van der Waals surface area contributed by atoms with E-state index in [2.05, 4.69) is 11.4 Å². The van der Waals surface area contributed by atoms with Gasteiger partial charge in [0.15, 0.2) is 5.16 Å². The largest absolute Gasteiger partial charge is 0.316 e. The molecule has 5 aromatic rings. The number of para-hydroxylation sites is 3. The van der Waals surface area contributed by atoms with Crippen molar-refractivity contribution < 1.29 is 4.79 Å². The maximum absolute atomic E-state index is 12.9. The van der Waals surface area contributed by atoms with Crippen LogP contribution in [0.3, 0.4) is 0 Å². The zero-order valence-electron chi connectivity index (χ0n) is 18.4. The highest BCUT2D eigenvalue weighted by atomic mass is 32.2. The van der Waals surface area contributed by atoms with Gasteiger partial charge >= 0.3 is 0 Å². The number of hydrogen-bond acceptors (Lipinski definition) is 6. The zero-order chi connectivity index (χ0) is 23.1. The molecule has 0 atom stereocenters. The SMILES string of the molecule is N#Cc1c(NC(=O)CSc2nc3ccccc3c3nc4ccccc4n23)sc2c1CCCCC2. The number of nitrogens with zero attached hydrogens (tertiary/aromatic N) is 4. The number of fused-ring (bicyclic) bond motifs is 6. The summed E-state index contributed by atoms with van der Waals surface area (Å²) < 4.78 is 2.03. The third kappa shape index (κ3) is 3.61. The van der Waals surface area contributed by atoms with Crippen LogP contribution in [0.2, 0.25) is 0 Å². The highest BCUT2D eigenvalue weighted by Crippen LogP contribution is 2.37. The molecule has 1 aliphatic carbocycles. The van der Waals surface area contributed by atoms with Gasteiger partial charge in [0.2, 0.25) is 5.91 Å². The molecule has 2 aromatic carbocycles. The van der Waals surface area contributed by atoms with E-state index in [0.29, 0.717) is 10.6 Å². The summed E-state index contributed by atoms with van der Waals surface area (Å²) in [5.41, 5.74) is 5.33. The van der Waals surface area contributed by atoms with Gasteiger partial charge < -0.3 is 5.32 Å². The van der Waals surface area contributed by atoms with E-state index in [-0.39, 0.29) is 11.7 Å². The molecule has 34 heavy (non-hydrogen) atoms. The van der Waals surface area contributed by atoms with Gasteiger partial charge in [0.05, 0.1) is 27.9 Å². The molecule has 6 nitrogen and oxygen atoms in total. The van der Waals surface area contributed by atoms with Gasteiger partial charge in [-0.2, -0.15) is 5.26 Å². The zero-order valence-corrected chi connectivity index (χ0v) is 20.0. The van der Waals surface area contributed by atoms with Crippen molar-refractivity contribution in [3.05, 3.63) is 64.5 Å². The lowest BCUT2D eigenvalue weighted by atomic mass is 10.1. The maximum Gasteiger partial charge on any atom is 0.235 e. The Hall–Kier alpha value is -3.41. The molecule has 168 valence electrons. The van der Waals surface area contributed by atoms with Crippen LogP contribution in [-0.4, -0.2) is 26.0 Å². The number of thiophene rings is 1. The molecule has 8 heteroatoms. The quantitative estimate of drug-likeness (QED) is 0.193. The first-order valence-electron chi connectivity index (χ1n) is 11.4. The van der Waals surface area contributed by atoms with Gasteiger partial charge in [-0.25, -0.2) is 9.97 Å². The summed E-state index contributed by atoms with van der Waals surface area (Å²) in [5.74, 6) is 0.0610. The number of anilines is 1. The fourth-order valence-corrected chi connectivity index (χ4v) is 6.72. The van der Waals surface area contributed by atoms with Gasteiger partial charge in [-0.3, -0.25) is 9.20 Å². The molecule has 3 aromatic heterocycles. The van der Waals surface area contributed by atoms with Crippen LogP contribution >= 0.6 is 23.1 Å². The van der Waals surface area contributed by atoms with Crippen molar-refractivity contribution in [2.24, 2.45) is 0 Å². The second-order valence-corrected chi connectivity index (χ2v) is 10.4. The lowest BCUT2D eigenvalue weighted by molar-refractivity contribution is -0.113. The number of aryl methyl sites for hydroxylation is 1. The smallest absolute Gasteiger partial charge is 0.235 e. The summed E-state index contributed by atoms with van der Waals surface area (Å²) in [6.45, 7) is 0. The van der Waals surface area contributed by atoms with Crippen LogP contribution in [0.4, 0.5) is 5.00 Å². The standard InChI is InChI=1S/C26H21N5OS2/c27-14-18-16-8-2-1-3-13-22(16)34-25(18)30-23(32)15-33-26-29-19-10-5-4-9-17(19)24-28-20-11-6-7-12-21(20)31(24)26/h4-7,9-12H,1-3,8,13,15H2,(H,30,32). The number of rotatable bonds is 4. The van der Waals surface area contributed by atoms with Crippen LogP contribution in [0, 0.1) is 11.3 Å². The van der Waals surface area contributed by atoms with E-state index in [1.807, 2.05) is 52.9 Å². The molecule has 1 aliphatic rings. The van der Waals surface area contributed by atoms with Crippen LogP contribution in [0.5, 0.6) is 0 Å². The number of nitrogens with one attached hydrogen (secondary N) is 1. The molecule has 0 unspecified atom stereocenters. The Morgan fingerprint density at radius 1 is 1.06 bits per heavy atom. The second-order valence-electron chi connectivity index (χ2n) is 8.39. The molecular formula is C26H21N5OS2. The number of thioether (sulfide) groups is 1. The monoisotopic (exact) mass is 483 g/mol. The topological polar surface area (TPSA) is 83.1 Å². The Balaban J connectivity index is 1.31. The summed E-state index contributed by atoms with van der Waals surface area (Å²) >= 11 is 2.95. The minimum absolute atomic E-state index is 0.134. The summed E-state index contributed by atoms with van der Waals surface area (Å²) in [4.78, 5) is 23.9. The van der Waals surface area contributed by atoms with E-state index in [1.54, 1.807) is 11.3 Å². The molecule has 6 rings (SSSR count). The molecule has 0 bridgehead atoms. The summed E-state index contributed by atoms with van der Waals surface area (Å²) in [7, 11) is 0. The van der Waals surface area contributed by atoms with Crippen molar-refractivity contribution in [3.63, 3.8) is 0 Å². The Labute approximate surface area is 204 Å². The first kappa shape index (κ1) is 21.1. The molecule has 0 fully saturated rings. The minimum Gasteiger partial charge on any atom is -0.316 e. The lowest BCUT2D eigenvalue weighted by Crippen LogP contribution is -2.14. The molecular weight excluding hydrogens is 462 g/mol. The second kappa shape index (κ2) is 8.75. The first-order chi connectivity index (χ1) is 16.7. The highest BCUT2D eigenvalue weighted by molar-refractivity contribution is 7.99. The lowest BCUT2D eigenvalue weighted by Gasteiger charge is -2.09. The number of benzene rings is 2. The van der Waals surface area contributed by atoms with Crippen molar-refractivity contribution >= 4 is 61.6 Å². The third-order valence-electron chi connectivity index (χ3n) is 6.23. The van der Waals surface area contributed by atoms with E-state index in [9.17, 15) is 10.1 Å². The highest BCUT2D eigenvalue weighted by Gasteiger charge is 2.21. The number of hydrogen-bond donors (Lipinski definition) is 1. The predicted octanol–water partition coefficient (Wildman–Crippen LogP) is 5.97. The average Bonchev–Trinajstić information content (AvgIpc) is 3.32. The van der Waals surface area contributed by atoms with Gasteiger partial charge in [-0.05, 0) is 55.5 Å². The Morgan fingerprint density at radius 2 is 1.85 bits per heavy atom. The number of carbonyl (C=O) groups excluding carboxylic acids is 1. The molecule has 0 spiro atoms. The Bertz CT molecular complexity index is 1610. The molecule has 1 N–H and O–H groups in total. The molecule has 3 heterocycles. The fourth-order valence-electron chi connectivity index (χ4n) is 4.65. The van der Waals surface area contributed by atoms with Crippen molar-refractivity contribution in [2.45, 2.75) is 37.3 Å². The molecule has 1 amide bonds. The Morgan fingerprint density at radius 3 is 2.74 bits per heavy atom. The molecule has 0 saturated heterocycles. The minimum atomic E-state index is -0.134. The van der Waals surface area contributed by atoms with Crippen molar-refractivity contribution in [1.29, 1.82) is 5.26 Å². The van der Waals surface area contributed by atoms with E-state index in [4.69, 9.17) is 9.97 Å². The number of nitriles is 1. The normalized spacial score (nSPS) is 13.6. The van der Waals surface area contributed by atoms with E-state index >= 15 is 0 Å². The number of carbonyl (C=O) groups is 1. The van der Waals surface area contributed by atoms with Gasteiger partial charge in [-0.15, -0.1) is 11.3 Å². The van der Waals surface area contributed by atoms with Crippen LogP contribution in [0.1, 0.15) is 35.3 Å². The average molecular weight is 484 g/mol. The summed E-state index contributed by atoms with van der Waals surface area (Å²) in [6, 6.07) is 18.2. The van der Waals surface area contributed by atoms with Crippen LogP contribution in [0.25, 0.3) is 27.6 Å². The van der Waals surface area contributed by atoms with Crippen LogP contribution in [-0.2, 0) is 17.6 Å². The maximum atomic E-state index is 12.9. The molecule has 0 saturated carbocycles. The fraction of sp³-hybridized carbons (Fsp3) is 0.231. The van der Waals surface area contributed by atoms with Gasteiger partial charge in [0.1, 0.15) is 16.7 Å². The van der Waals surface area contributed by atoms with E-state index < -0.39 is 0 Å². The van der Waals surface area contributed by atoms with Crippen molar-refractivity contribution in [2.75, 3.05) is 11.1 Å². The van der Waals surface area contributed by atoms with Gasteiger partial charge in [0.25, 0.3) is 0 Å². The van der Waals surface area contributed by atoms with Crippen LogP contribution in [0.15, 0.2) is 53.7 Å². The van der Waals surface area contributed by atoms with Gasteiger partial charge in [-0.1, -0.05) is 42.4 Å². The van der Waals surface area contributed by atoms with E-state index in [0.717, 1.165) is 64.0 Å². The number of aromatic nitrogens is 3. The number of amides is 1. The number of imidazole rings is 1.